The lowest BCUT2D eigenvalue weighted by molar-refractivity contribution is 0.0824. The molecule has 0 aliphatic heterocycles. The Morgan fingerprint density at radius 1 is 0.523 bits per heavy atom. The van der Waals surface area contributed by atoms with E-state index in [9.17, 15) is 29.7 Å². The Morgan fingerprint density at radius 3 is 1.00 bits per heavy atom. The van der Waals surface area contributed by atoms with Crippen molar-refractivity contribution in [1.82, 2.24) is 19.6 Å². The van der Waals surface area contributed by atoms with E-state index in [-0.39, 0.29) is 34.8 Å². The van der Waals surface area contributed by atoms with Crippen LogP contribution in [0.2, 0.25) is 0 Å². The minimum absolute atomic E-state index is 0.110. The van der Waals surface area contributed by atoms with Gasteiger partial charge in [0.2, 0.25) is 0 Å². The molecule has 0 saturated heterocycles. The molecule has 2 heterocycles. The Labute approximate surface area is 279 Å². The summed E-state index contributed by atoms with van der Waals surface area (Å²) in [7, 11) is 13.2. The Hall–Kier alpha value is -3.82. The maximum atomic E-state index is 12.5. The molecule has 2 aromatic heterocycles. The van der Waals surface area contributed by atoms with Crippen LogP contribution in [0.15, 0.2) is 33.2 Å². The molecule has 0 bridgehead atoms. The van der Waals surface area contributed by atoms with E-state index >= 15 is 0 Å². The van der Waals surface area contributed by atoms with Crippen LogP contribution in [-0.2, 0) is 0 Å². The first-order valence-corrected chi connectivity index (χ1v) is 16.0. The molecule has 2 aromatic carbocycles. The summed E-state index contributed by atoms with van der Waals surface area (Å²) in [6, 6.07) is 10.8. The second-order valence-corrected chi connectivity index (χ2v) is 14.0. The first kappa shape index (κ1) is 34.7. The summed E-state index contributed by atoms with van der Waals surface area (Å²) in [4.78, 5) is 57.2. The molecule has 14 heteroatoms. The molecular weight excluding hydrogens is 732 g/mol. The van der Waals surface area contributed by atoms with Crippen molar-refractivity contribution in [3.8, 4) is 12.1 Å². The van der Waals surface area contributed by atoms with Crippen LogP contribution in [0.1, 0.15) is 49.8 Å². The number of halogens is 2. The van der Waals surface area contributed by atoms with Gasteiger partial charge >= 0.3 is 0 Å². The molecule has 44 heavy (non-hydrogen) atoms. The summed E-state index contributed by atoms with van der Waals surface area (Å²) in [6.07, 6.45) is 0. The zero-order valence-corrected chi connectivity index (χ0v) is 30.0. The second-order valence-electron chi connectivity index (χ2n) is 10.2. The van der Waals surface area contributed by atoms with E-state index in [1.54, 1.807) is 56.4 Å². The van der Waals surface area contributed by atoms with E-state index in [4.69, 9.17) is 0 Å². The molecule has 4 amide bonds. The number of nitrogens with zero attached hydrogens (tertiary/aromatic N) is 6. The molecule has 0 fully saturated rings. The van der Waals surface area contributed by atoms with Gasteiger partial charge in [0.05, 0.1) is 23.3 Å². The zero-order chi connectivity index (χ0) is 33.2. The molecule has 0 spiro atoms. The third kappa shape index (κ3) is 6.49. The number of benzene rings is 2. The van der Waals surface area contributed by atoms with Gasteiger partial charge in [0, 0.05) is 86.9 Å². The predicted octanol–water partition coefficient (Wildman–Crippen LogP) is 5.88. The van der Waals surface area contributed by atoms with Crippen LogP contribution in [0.4, 0.5) is 0 Å². The Kier molecular flexibility index (Phi) is 10.9. The quantitative estimate of drug-likeness (QED) is 0.256. The number of amides is 4. The molecule has 0 aliphatic rings. The van der Waals surface area contributed by atoms with Crippen LogP contribution in [0.5, 0.6) is 0 Å². The fourth-order valence-corrected chi connectivity index (χ4v) is 8.14. The fraction of sp³-hybridized carbons (Fsp3) is 0.267. The van der Waals surface area contributed by atoms with Gasteiger partial charge in [-0.15, -0.1) is 22.7 Å². The summed E-state index contributed by atoms with van der Waals surface area (Å²) in [5, 5.41) is 21.0. The van der Waals surface area contributed by atoms with Crippen LogP contribution in [0.3, 0.4) is 0 Å². The monoisotopic (exact) mass is 758 g/mol. The number of hydrogen-bond donors (Lipinski definition) is 0. The second kappa shape index (κ2) is 13.9. The van der Waals surface area contributed by atoms with Crippen molar-refractivity contribution in [2.75, 3.05) is 56.4 Å². The lowest BCUT2D eigenvalue weighted by Crippen LogP contribution is -2.21. The highest BCUT2D eigenvalue weighted by atomic mass is 79.9. The van der Waals surface area contributed by atoms with Crippen molar-refractivity contribution in [2.45, 2.75) is 0 Å². The van der Waals surface area contributed by atoms with E-state index in [2.05, 4.69) is 31.9 Å². The normalized spacial score (nSPS) is 10.4. The molecule has 0 aliphatic carbocycles. The van der Waals surface area contributed by atoms with Gasteiger partial charge < -0.3 is 19.6 Å². The number of fused-ring (bicyclic) bond motifs is 2. The molecule has 0 unspecified atom stereocenters. The number of hydrogen-bond acceptors (Lipinski definition) is 8. The predicted molar refractivity (Wildman–Crippen MR) is 181 cm³/mol. The van der Waals surface area contributed by atoms with Gasteiger partial charge in [-0.05, 0) is 24.3 Å². The average Bonchev–Trinajstić information content (AvgIpc) is 3.58. The fourth-order valence-electron chi connectivity index (χ4n) is 4.08. The van der Waals surface area contributed by atoms with Crippen molar-refractivity contribution in [2.24, 2.45) is 0 Å². The number of carbonyl (C=O) groups is 4. The van der Waals surface area contributed by atoms with Gasteiger partial charge in [0.1, 0.15) is 19.5 Å². The standard InChI is InChI=1S/C16H14N4O2S.C14H14Br2N2O2S/c1-19(2)15(21)13-11-9(7-17)5-6-10(8-18)12(11)14(23-13)16(22)20(3)4;1-17(2)13(19)11-9-7(15)5-6-8(16)10(9)12(21-11)14(20)18(3)4/h5-6H,1-4H3;5-6H,1-4H3. The van der Waals surface area contributed by atoms with E-state index < -0.39 is 0 Å². The highest BCUT2D eigenvalue weighted by Crippen LogP contribution is 2.41. The minimum atomic E-state index is -0.301. The molecular formula is C30H28Br2N6O4S2. The zero-order valence-electron chi connectivity index (χ0n) is 25.2. The van der Waals surface area contributed by atoms with Crippen LogP contribution in [0, 0.1) is 22.7 Å². The maximum absolute atomic E-state index is 12.5. The first-order valence-electron chi connectivity index (χ1n) is 12.8. The Balaban J connectivity index is 0.000000241. The summed E-state index contributed by atoms with van der Waals surface area (Å²) in [5.74, 6) is -0.822. The van der Waals surface area contributed by atoms with Gasteiger partial charge in [0.15, 0.2) is 0 Å². The van der Waals surface area contributed by atoms with Crippen molar-refractivity contribution >= 4 is 99.7 Å². The van der Waals surface area contributed by atoms with E-state index in [0.717, 1.165) is 31.1 Å². The summed E-state index contributed by atoms with van der Waals surface area (Å²) >= 11 is 9.23. The highest BCUT2D eigenvalue weighted by molar-refractivity contribution is 9.11. The van der Waals surface area contributed by atoms with Crippen molar-refractivity contribution in [3.63, 3.8) is 0 Å². The molecule has 0 saturated carbocycles. The maximum Gasteiger partial charge on any atom is 0.264 e. The molecule has 4 rings (SSSR count). The van der Waals surface area contributed by atoms with Crippen molar-refractivity contribution in [3.05, 3.63) is 63.8 Å². The van der Waals surface area contributed by atoms with Gasteiger partial charge in [-0.25, -0.2) is 0 Å². The summed E-state index contributed by atoms with van der Waals surface area (Å²) < 4.78 is 1.61. The van der Waals surface area contributed by atoms with Crippen molar-refractivity contribution in [1.29, 1.82) is 10.5 Å². The third-order valence-corrected chi connectivity index (χ3v) is 9.92. The Morgan fingerprint density at radius 2 is 0.773 bits per heavy atom. The average molecular weight is 761 g/mol. The van der Waals surface area contributed by atoms with Crippen LogP contribution in [-0.4, -0.2) is 99.6 Å². The largest absolute Gasteiger partial charge is 0.344 e. The highest BCUT2D eigenvalue weighted by Gasteiger charge is 2.28. The molecule has 0 N–H and O–H groups in total. The molecule has 0 atom stereocenters. The SMILES string of the molecule is CN(C)C(=O)c1sc(C(=O)N(C)C)c2c(Br)ccc(Br)c12.CN(C)C(=O)c1sc(C(=O)N(C)C)c2c(C#N)ccc(C#N)c12. The summed E-state index contributed by atoms with van der Waals surface area (Å²) in [5.41, 5.74) is 0.552. The summed E-state index contributed by atoms with van der Waals surface area (Å²) in [6.45, 7) is 0. The van der Waals surface area contributed by atoms with Crippen LogP contribution in [0.25, 0.3) is 21.5 Å². The van der Waals surface area contributed by atoms with Crippen molar-refractivity contribution < 1.29 is 19.2 Å². The van der Waals surface area contributed by atoms with Gasteiger partial charge in [0.25, 0.3) is 23.6 Å². The third-order valence-electron chi connectivity index (χ3n) is 6.27. The number of carbonyl (C=O) groups excluding carboxylic acids is 4. The number of rotatable bonds is 4. The molecule has 4 aromatic rings. The van der Waals surface area contributed by atoms with Crippen LogP contribution < -0.4 is 0 Å². The Bertz CT molecular complexity index is 1780. The van der Waals surface area contributed by atoms with E-state index in [0.29, 0.717) is 30.3 Å². The number of nitriles is 2. The van der Waals surface area contributed by atoms with E-state index in [1.165, 1.54) is 43.1 Å². The van der Waals surface area contributed by atoms with Gasteiger partial charge in [-0.3, -0.25) is 19.2 Å². The lowest BCUT2D eigenvalue weighted by Gasteiger charge is -2.09. The number of thiophene rings is 2. The molecule has 0 radical (unpaired) electrons. The topological polar surface area (TPSA) is 129 Å². The van der Waals surface area contributed by atoms with E-state index in [1.807, 2.05) is 24.3 Å². The molecule has 10 nitrogen and oxygen atoms in total. The molecule has 228 valence electrons. The minimum Gasteiger partial charge on any atom is -0.344 e. The van der Waals surface area contributed by atoms with Gasteiger partial charge in [-0.2, -0.15) is 10.5 Å². The van der Waals surface area contributed by atoms with Gasteiger partial charge in [-0.1, -0.05) is 31.9 Å². The first-order chi connectivity index (χ1) is 20.6. The smallest absolute Gasteiger partial charge is 0.264 e. The lowest BCUT2D eigenvalue weighted by atomic mass is 10.0. The van der Waals surface area contributed by atoms with Crippen LogP contribution >= 0.6 is 54.5 Å².